The average Bonchev–Trinajstić information content (AvgIpc) is 3.38. The Labute approximate surface area is 246 Å². The highest BCUT2D eigenvalue weighted by atomic mass is 19.4. The summed E-state index contributed by atoms with van der Waals surface area (Å²) in [6, 6.07) is 8.21. The van der Waals surface area contributed by atoms with Gasteiger partial charge >= 0.3 is 6.18 Å². The molecule has 0 unspecified atom stereocenters. The number of nitrogens with zero attached hydrogens (tertiary/aromatic N) is 5. The van der Waals surface area contributed by atoms with Gasteiger partial charge < -0.3 is 20.7 Å². The number of pyridine rings is 1. The van der Waals surface area contributed by atoms with Gasteiger partial charge in [-0.15, -0.1) is 0 Å². The van der Waals surface area contributed by atoms with Gasteiger partial charge in [-0.3, -0.25) is 14.0 Å². The van der Waals surface area contributed by atoms with Crippen molar-refractivity contribution >= 4 is 29.0 Å². The molecule has 0 bridgehead atoms. The number of alkyl halides is 3. The minimum Gasteiger partial charge on any atom is -0.382 e. The van der Waals surface area contributed by atoms with Gasteiger partial charge in [0.2, 0.25) is 5.91 Å². The number of halogens is 3. The zero-order valence-corrected chi connectivity index (χ0v) is 23.8. The van der Waals surface area contributed by atoms with Gasteiger partial charge in [0.15, 0.2) is 0 Å². The Morgan fingerprint density at radius 2 is 1.88 bits per heavy atom. The van der Waals surface area contributed by atoms with Crippen molar-refractivity contribution in [3.63, 3.8) is 0 Å². The van der Waals surface area contributed by atoms with Crippen LogP contribution in [0.2, 0.25) is 0 Å². The molecule has 0 radical (unpaired) electrons. The Kier molecular flexibility index (Phi) is 8.62. The normalized spacial score (nSPS) is 17.3. The van der Waals surface area contributed by atoms with E-state index in [0.29, 0.717) is 43.0 Å². The Morgan fingerprint density at radius 1 is 1.12 bits per heavy atom. The van der Waals surface area contributed by atoms with Crippen LogP contribution in [0, 0.1) is 0 Å². The van der Waals surface area contributed by atoms with Gasteiger partial charge in [-0.1, -0.05) is 12.1 Å². The summed E-state index contributed by atoms with van der Waals surface area (Å²) in [5.74, 6) is 0.219. The highest BCUT2D eigenvalue weighted by molar-refractivity contribution is 6.04. The van der Waals surface area contributed by atoms with E-state index in [1.807, 2.05) is 23.1 Å². The smallest absolute Gasteiger partial charge is 0.382 e. The third-order valence-electron chi connectivity index (χ3n) is 7.59. The van der Waals surface area contributed by atoms with Gasteiger partial charge in [-0.2, -0.15) is 13.2 Å². The topological polar surface area (TPSA) is 128 Å². The van der Waals surface area contributed by atoms with Crippen LogP contribution in [0.25, 0.3) is 16.8 Å². The summed E-state index contributed by atoms with van der Waals surface area (Å²) in [4.78, 5) is 40.7. The fraction of sp³-hybridized carbons (Fsp3) is 0.367. The number of benzene rings is 1. The Hall–Kier alpha value is -4.52. The maximum Gasteiger partial charge on any atom is 0.416 e. The maximum absolute atomic E-state index is 13.0. The predicted octanol–water partition coefficient (Wildman–Crippen LogP) is 5.17. The molecule has 226 valence electrons. The fourth-order valence-electron chi connectivity index (χ4n) is 5.33. The van der Waals surface area contributed by atoms with Gasteiger partial charge in [0.05, 0.1) is 18.6 Å². The van der Waals surface area contributed by atoms with Crippen LogP contribution in [0.15, 0.2) is 55.0 Å². The number of hydrogen-bond donors (Lipinski definition) is 2. The molecular weight excluding hydrogens is 563 g/mol. The van der Waals surface area contributed by atoms with Gasteiger partial charge in [0.25, 0.3) is 5.91 Å². The van der Waals surface area contributed by atoms with E-state index < -0.39 is 17.6 Å². The lowest BCUT2D eigenvalue weighted by molar-refractivity contribution is -0.138. The first-order valence-electron chi connectivity index (χ1n) is 14.0. The van der Waals surface area contributed by atoms with Crippen LogP contribution in [0.3, 0.4) is 0 Å². The number of hydrogen-bond acceptors (Lipinski definition) is 7. The Morgan fingerprint density at radius 3 is 2.60 bits per heavy atom. The number of carbonyl (C=O) groups excluding carboxylic acids is 2. The van der Waals surface area contributed by atoms with Crippen molar-refractivity contribution in [3.8, 4) is 11.3 Å². The molecule has 1 aromatic carbocycles. The van der Waals surface area contributed by atoms with Crippen molar-refractivity contribution in [1.82, 2.24) is 24.3 Å². The lowest BCUT2D eigenvalue weighted by Gasteiger charge is -2.37. The van der Waals surface area contributed by atoms with E-state index in [-0.39, 0.29) is 35.1 Å². The molecule has 1 aliphatic heterocycles. The van der Waals surface area contributed by atoms with Crippen LogP contribution in [0.5, 0.6) is 0 Å². The van der Waals surface area contributed by atoms with E-state index in [2.05, 4.69) is 15.3 Å². The molecule has 4 heterocycles. The number of nitrogen functional groups attached to an aromatic ring is 1. The number of anilines is 2. The van der Waals surface area contributed by atoms with Crippen LogP contribution in [0.1, 0.15) is 60.8 Å². The van der Waals surface area contributed by atoms with Crippen molar-refractivity contribution in [2.24, 2.45) is 0 Å². The predicted molar refractivity (Wildman–Crippen MR) is 154 cm³/mol. The van der Waals surface area contributed by atoms with E-state index >= 15 is 0 Å². The minimum absolute atomic E-state index is 0.0414. The number of carbonyl (C=O) groups is 2. The van der Waals surface area contributed by atoms with E-state index in [1.165, 1.54) is 0 Å². The summed E-state index contributed by atoms with van der Waals surface area (Å²) < 4.78 is 46.4. The van der Waals surface area contributed by atoms with Gasteiger partial charge in [-0.25, -0.2) is 15.0 Å². The van der Waals surface area contributed by atoms with Crippen molar-refractivity contribution in [2.45, 2.75) is 51.2 Å². The minimum atomic E-state index is -4.56. The summed E-state index contributed by atoms with van der Waals surface area (Å²) in [6.45, 7) is 5.39. The number of likely N-dealkylation sites (tertiary alicyclic amines) is 1. The summed E-state index contributed by atoms with van der Waals surface area (Å²) in [5.41, 5.74) is 7.47. The largest absolute Gasteiger partial charge is 0.416 e. The lowest BCUT2D eigenvalue weighted by atomic mass is 9.92. The molecule has 10 nitrogen and oxygen atoms in total. The molecule has 2 atom stereocenters. The van der Waals surface area contributed by atoms with Gasteiger partial charge in [-0.05, 0) is 51.0 Å². The van der Waals surface area contributed by atoms with E-state index in [0.717, 1.165) is 37.0 Å². The van der Waals surface area contributed by atoms with Crippen molar-refractivity contribution in [2.75, 3.05) is 30.8 Å². The second-order valence-electron chi connectivity index (χ2n) is 10.4. The van der Waals surface area contributed by atoms with Crippen molar-refractivity contribution in [3.05, 3.63) is 71.9 Å². The lowest BCUT2D eigenvalue weighted by Crippen LogP contribution is -2.45. The van der Waals surface area contributed by atoms with Crippen LogP contribution in [-0.4, -0.2) is 61.9 Å². The van der Waals surface area contributed by atoms with Crippen molar-refractivity contribution in [1.29, 1.82) is 0 Å². The number of fused-ring (bicyclic) bond motifs is 1. The standard InChI is InChI=1S/C30H32F3N7O3/c1-3-43-15-11-24(41)40-17-21(5-4-18(40)2)28-38-25(26-27(34)36-13-14-39(26)28)19-6-8-20(9-7-19)29(42)37-23-16-22(10-12-35-23)30(31,32)33/h6-10,12-14,16,18,21H,3-5,11,15,17H2,1-2H3,(H2,34,36)(H,35,37,42)/t18-,21+/m0/s1. The highest BCUT2D eigenvalue weighted by Crippen LogP contribution is 2.35. The van der Waals surface area contributed by atoms with Crippen LogP contribution in [0.4, 0.5) is 24.8 Å². The average molecular weight is 596 g/mol. The maximum atomic E-state index is 13.0. The van der Waals surface area contributed by atoms with E-state index in [1.54, 1.807) is 36.7 Å². The quantitative estimate of drug-likeness (QED) is 0.269. The molecule has 1 saturated heterocycles. The zero-order chi connectivity index (χ0) is 30.7. The molecule has 1 aliphatic rings. The number of ether oxygens (including phenoxy) is 1. The molecule has 0 spiro atoms. The van der Waals surface area contributed by atoms with Gasteiger partial charge in [0.1, 0.15) is 28.7 Å². The Bertz CT molecular complexity index is 1620. The summed E-state index contributed by atoms with van der Waals surface area (Å²) in [7, 11) is 0. The number of rotatable bonds is 8. The SMILES string of the molecule is CCOCCC(=O)N1C[C@H](c2nc(-c3ccc(C(=O)Nc4cc(C(F)(F)F)ccn4)cc3)c3c(N)nccn23)CC[C@@H]1C. The first kappa shape index (κ1) is 30.0. The molecule has 2 amide bonds. The number of imidazole rings is 1. The third kappa shape index (κ3) is 6.46. The molecular formula is C30H32F3N7O3. The molecule has 1 fully saturated rings. The first-order chi connectivity index (χ1) is 20.6. The van der Waals surface area contributed by atoms with E-state index in [9.17, 15) is 22.8 Å². The number of amides is 2. The van der Waals surface area contributed by atoms with Crippen LogP contribution in [-0.2, 0) is 15.7 Å². The third-order valence-corrected chi connectivity index (χ3v) is 7.59. The number of aromatic nitrogens is 4. The number of nitrogens with one attached hydrogen (secondary N) is 1. The highest BCUT2D eigenvalue weighted by Gasteiger charge is 2.33. The second-order valence-corrected chi connectivity index (χ2v) is 10.4. The van der Waals surface area contributed by atoms with Gasteiger partial charge in [0, 0.05) is 54.8 Å². The molecule has 3 N–H and O–H groups in total. The molecule has 13 heteroatoms. The summed E-state index contributed by atoms with van der Waals surface area (Å²) in [6.07, 6.45) is 1.80. The van der Waals surface area contributed by atoms with Crippen molar-refractivity contribution < 1.29 is 27.5 Å². The number of nitrogens with two attached hydrogens (primary N) is 1. The van der Waals surface area contributed by atoms with Crippen LogP contribution >= 0.6 is 0 Å². The molecule has 3 aromatic heterocycles. The van der Waals surface area contributed by atoms with Crippen LogP contribution < -0.4 is 11.1 Å². The zero-order valence-electron chi connectivity index (χ0n) is 23.8. The summed E-state index contributed by atoms with van der Waals surface area (Å²) in [5, 5.41) is 2.41. The summed E-state index contributed by atoms with van der Waals surface area (Å²) >= 11 is 0. The fourth-order valence-corrected chi connectivity index (χ4v) is 5.33. The monoisotopic (exact) mass is 595 g/mol. The first-order valence-corrected chi connectivity index (χ1v) is 14.0. The molecule has 4 aromatic rings. The molecule has 43 heavy (non-hydrogen) atoms. The van der Waals surface area contributed by atoms with E-state index in [4.69, 9.17) is 15.5 Å². The second kappa shape index (κ2) is 12.4. The Balaban J connectivity index is 1.40. The molecule has 0 aliphatic carbocycles. The number of piperidine rings is 1. The molecule has 0 saturated carbocycles. The molecule has 5 rings (SSSR count).